The highest BCUT2D eigenvalue weighted by Gasteiger charge is 2.06. The SMILES string of the molecule is CCOCCOCCCCCCNC(C)(C)C. The quantitative estimate of drug-likeness (QED) is 0.568. The molecule has 0 aliphatic carbocycles. The monoisotopic (exact) mass is 245 g/mol. The molecule has 0 bridgehead atoms. The third-order valence-electron chi connectivity index (χ3n) is 2.45. The molecule has 0 rings (SSSR count). The number of rotatable bonds is 11. The molecule has 0 aromatic carbocycles. The van der Waals surface area contributed by atoms with Gasteiger partial charge in [0.2, 0.25) is 0 Å². The molecule has 0 aliphatic rings. The zero-order valence-corrected chi connectivity index (χ0v) is 12.2. The molecule has 0 amide bonds. The van der Waals surface area contributed by atoms with Gasteiger partial charge in [-0.25, -0.2) is 0 Å². The van der Waals surface area contributed by atoms with E-state index in [1.165, 1.54) is 25.7 Å². The maximum absolute atomic E-state index is 5.46. The van der Waals surface area contributed by atoms with Crippen LogP contribution in [-0.4, -0.2) is 38.5 Å². The van der Waals surface area contributed by atoms with Crippen LogP contribution in [0.2, 0.25) is 0 Å². The Balaban J connectivity index is 2.99. The van der Waals surface area contributed by atoms with Crippen LogP contribution in [0, 0.1) is 0 Å². The molecule has 17 heavy (non-hydrogen) atoms. The van der Waals surface area contributed by atoms with E-state index in [4.69, 9.17) is 9.47 Å². The van der Waals surface area contributed by atoms with Crippen LogP contribution >= 0.6 is 0 Å². The first-order chi connectivity index (χ1) is 8.06. The molecule has 0 heterocycles. The lowest BCUT2D eigenvalue weighted by Crippen LogP contribution is -2.36. The Labute approximate surface area is 107 Å². The summed E-state index contributed by atoms with van der Waals surface area (Å²) in [4.78, 5) is 0. The van der Waals surface area contributed by atoms with E-state index in [1.807, 2.05) is 6.92 Å². The molecule has 0 radical (unpaired) electrons. The lowest BCUT2D eigenvalue weighted by Gasteiger charge is -2.20. The van der Waals surface area contributed by atoms with Gasteiger partial charge in [-0.1, -0.05) is 12.8 Å². The van der Waals surface area contributed by atoms with Crippen LogP contribution in [0.15, 0.2) is 0 Å². The minimum Gasteiger partial charge on any atom is -0.379 e. The highest BCUT2D eigenvalue weighted by molar-refractivity contribution is 4.69. The van der Waals surface area contributed by atoms with Gasteiger partial charge in [-0.3, -0.25) is 0 Å². The Morgan fingerprint density at radius 1 is 0.824 bits per heavy atom. The highest BCUT2D eigenvalue weighted by Crippen LogP contribution is 2.02. The minimum absolute atomic E-state index is 0.252. The van der Waals surface area contributed by atoms with Crippen molar-refractivity contribution in [2.45, 2.75) is 58.9 Å². The van der Waals surface area contributed by atoms with Crippen molar-refractivity contribution in [1.82, 2.24) is 5.32 Å². The summed E-state index contributed by atoms with van der Waals surface area (Å²) in [5, 5.41) is 3.50. The topological polar surface area (TPSA) is 30.5 Å². The first-order valence-corrected chi connectivity index (χ1v) is 6.97. The summed E-state index contributed by atoms with van der Waals surface area (Å²) in [5.74, 6) is 0. The first kappa shape index (κ1) is 16.9. The van der Waals surface area contributed by atoms with Gasteiger partial charge >= 0.3 is 0 Å². The van der Waals surface area contributed by atoms with Crippen molar-refractivity contribution in [3.05, 3.63) is 0 Å². The zero-order chi connectivity index (χ0) is 13.0. The fourth-order valence-corrected chi connectivity index (χ4v) is 1.51. The molecule has 1 N–H and O–H groups in total. The summed E-state index contributed by atoms with van der Waals surface area (Å²) in [7, 11) is 0. The summed E-state index contributed by atoms with van der Waals surface area (Å²) < 4.78 is 10.6. The Bertz CT molecular complexity index is 155. The number of unbranched alkanes of at least 4 members (excludes halogenated alkanes) is 3. The molecule has 0 atom stereocenters. The van der Waals surface area contributed by atoms with Crippen molar-refractivity contribution < 1.29 is 9.47 Å². The smallest absolute Gasteiger partial charge is 0.0700 e. The fraction of sp³-hybridized carbons (Fsp3) is 1.00. The molecule has 3 nitrogen and oxygen atoms in total. The van der Waals surface area contributed by atoms with E-state index in [1.54, 1.807) is 0 Å². The first-order valence-electron chi connectivity index (χ1n) is 6.97. The van der Waals surface area contributed by atoms with Crippen LogP contribution < -0.4 is 5.32 Å². The summed E-state index contributed by atoms with van der Waals surface area (Å²) >= 11 is 0. The molecular formula is C14H31NO2. The van der Waals surface area contributed by atoms with Gasteiger partial charge in [0.05, 0.1) is 13.2 Å². The Morgan fingerprint density at radius 3 is 2.12 bits per heavy atom. The van der Waals surface area contributed by atoms with Crippen LogP contribution in [0.25, 0.3) is 0 Å². The van der Waals surface area contributed by atoms with Crippen LogP contribution in [0.1, 0.15) is 53.4 Å². The average Bonchev–Trinajstić information content (AvgIpc) is 2.24. The van der Waals surface area contributed by atoms with Gasteiger partial charge in [-0.05, 0) is 47.1 Å². The summed E-state index contributed by atoms with van der Waals surface area (Å²) in [6.45, 7) is 12.9. The van der Waals surface area contributed by atoms with E-state index in [2.05, 4.69) is 26.1 Å². The number of ether oxygens (including phenoxy) is 2. The van der Waals surface area contributed by atoms with Gasteiger partial charge < -0.3 is 14.8 Å². The van der Waals surface area contributed by atoms with Crippen LogP contribution in [0.5, 0.6) is 0 Å². The second-order valence-corrected chi connectivity index (χ2v) is 5.40. The Hall–Kier alpha value is -0.120. The van der Waals surface area contributed by atoms with E-state index >= 15 is 0 Å². The van der Waals surface area contributed by atoms with Crippen molar-refractivity contribution in [1.29, 1.82) is 0 Å². The third-order valence-corrected chi connectivity index (χ3v) is 2.45. The summed E-state index contributed by atoms with van der Waals surface area (Å²) in [5.41, 5.74) is 0.252. The molecule has 0 unspecified atom stereocenters. The van der Waals surface area contributed by atoms with E-state index < -0.39 is 0 Å². The molecule has 104 valence electrons. The predicted molar refractivity (Wildman–Crippen MR) is 73.5 cm³/mol. The average molecular weight is 245 g/mol. The number of hydrogen-bond acceptors (Lipinski definition) is 3. The van der Waals surface area contributed by atoms with Crippen molar-refractivity contribution >= 4 is 0 Å². The zero-order valence-electron chi connectivity index (χ0n) is 12.2. The minimum atomic E-state index is 0.252. The van der Waals surface area contributed by atoms with Crippen molar-refractivity contribution in [2.75, 3.05) is 33.0 Å². The molecule has 0 aromatic heterocycles. The summed E-state index contributed by atoms with van der Waals surface area (Å²) in [6, 6.07) is 0. The predicted octanol–water partition coefficient (Wildman–Crippen LogP) is 2.99. The van der Waals surface area contributed by atoms with Crippen molar-refractivity contribution in [3.8, 4) is 0 Å². The standard InChI is InChI=1S/C14H31NO2/c1-5-16-12-13-17-11-9-7-6-8-10-15-14(2,3)4/h15H,5-13H2,1-4H3. The molecule has 0 spiro atoms. The van der Waals surface area contributed by atoms with Gasteiger partial charge in [0.25, 0.3) is 0 Å². The molecule has 0 saturated heterocycles. The van der Waals surface area contributed by atoms with Gasteiger partial charge in [-0.15, -0.1) is 0 Å². The van der Waals surface area contributed by atoms with Gasteiger partial charge in [0, 0.05) is 18.8 Å². The molecule has 3 heteroatoms. The van der Waals surface area contributed by atoms with Gasteiger partial charge in [0.15, 0.2) is 0 Å². The van der Waals surface area contributed by atoms with Crippen molar-refractivity contribution in [3.63, 3.8) is 0 Å². The van der Waals surface area contributed by atoms with Crippen LogP contribution in [0.3, 0.4) is 0 Å². The number of hydrogen-bond donors (Lipinski definition) is 1. The van der Waals surface area contributed by atoms with E-state index in [9.17, 15) is 0 Å². The molecule has 0 aromatic rings. The van der Waals surface area contributed by atoms with E-state index in [0.717, 1.165) is 33.0 Å². The summed E-state index contributed by atoms with van der Waals surface area (Å²) in [6.07, 6.45) is 4.98. The Morgan fingerprint density at radius 2 is 1.47 bits per heavy atom. The largest absolute Gasteiger partial charge is 0.379 e. The second-order valence-electron chi connectivity index (χ2n) is 5.40. The third kappa shape index (κ3) is 15.9. The lowest BCUT2D eigenvalue weighted by molar-refractivity contribution is 0.0512. The number of nitrogens with one attached hydrogen (secondary N) is 1. The van der Waals surface area contributed by atoms with Gasteiger partial charge in [-0.2, -0.15) is 0 Å². The normalized spacial score (nSPS) is 12.0. The maximum atomic E-state index is 5.46. The molecule has 0 fully saturated rings. The fourth-order valence-electron chi connectivity index (χ4n) is 1.51. The molecule has 0 aliphatic heterocycles. The van der Waals surface area contributed by atoms with Crippen molar-refractivity contribution in [2.24, 2.45) is 0 Å². The van der Waals surface area contributed by atoms with E-state index in [0.29, 0.717) is 0 Å². The highest BCUT2D eigenvalue weighted by atomic mass is 16.5. The van der Waals surface area contributed by atoms with E-state index in [-0.39, 0.29) is 5.54 Å². The van der Waals surface area contributed by atoms with Gasteiger partial charge in [0.1, 0.15) is 0 Å². The maximum Gasteiger partial charge on any atom is 0.0700 e. The lowest BCUT2D eigenvalue weighted by atomic mass is 10.1. The molecule has 0 saturated carbocycles. The molecular weight excluding hydrogens is 214 g/mol. The van der Waals surface area contributed by atoms with Crippen LogP contribution in [-0.2, 0) is 9.47 Å². The second kappa shape index (κ2) is 11.0. The van der Waals surface area contributed by atoms with Crippen LogP contribution in [0.4, 0.5) is 0 Å². The Kier molecular flexibility index (Phi) is 10.9.